The third-order valence-electron chi connectivity index (χ3n) is 3.41. The zero-order valence-corrected chi connectivity index (χ0v) is 12.0. The van der Waals surface area contributed by atoms with Gasteiger partial charge in [-0.3, -0.25) is 4.90 Å². The predicted molar refractivity (Wildman–Crippen MR) is 82.5 cm³/mol. The van der Waals surface area contributed by atoms with Gasteiger partial charge in [0.2, 0.25) is 0 Å². The Morgan fingerprint density at radius 2 is 1.89 bits per heavy atom. The van der Waals surface area contributed by atoms with Gasteiger partial charge in [0.25, 0.3) is 0 Å². The van der Waals surface area contributed by atoms with Gasteiger partial charge in [0, 0.05) is 38.5 Å². The molecule has 1 heterocycles. The van der Waals surface area contributed by atoms with Gasteiger partial charge in [-0.05, 0) is 17.9 Å². The highest BCUT2D eigenvalue weighted by Crippen LogP contribution is 2.23. The zero-order valence-electron chi connectivity index (χ0n) is 11.1. The number of rotatable bonds is 5. The molecule has 1 aliphatic rings. The number of hydrogen-bond acceptors (Lipinski definition) is 4. The molecule has 0 unspecified atom stereocenters. The first-order chi connectivity index (χ1) is 8.81. The van der Waals surface area contributed by atoms with E-state index in [0.29, 0.717) is 0 Å². The van der Waals surface area contributed by atoms with Crippen molar-refractivity contribution in [2.75, 3.05) is 54.9 Å². The zero-order chi connectivity index (χ0) is 12.8. The second-order valence-electron chi connectivity index (χ2n) is 4.58. The molecule has 1 saturated heterocycles. The summed E-state index contributed by atoms with van der Waals surface area (Å²) >= 11 is 2.03. The standard InChI is InChI=1S/C14H23N3S/c1-2-18-12-11-16-7-9-17(10-8-16)14-6-4-3-5-13(14)15/h3-6H,2,7-12,15H2,1H3. The van der Waals surface area contributed by atoms with Gasteiger partial charge >= 0.3 is 0 Å². The summed E-state index contributed by atoms with van der Waals surface area (Å²) in [6.45, 7) is 7.92. The van der Waals surface area contributed by atoms with Crippen molar-refractivity contribution >= 4 is 23.1 Å². The third-order valence-corrected chi connectivity index (χ3v) is 4.29. The molecule has 0 atom stereocenters. The van der Waals surface area contributed by atoms with Crippen LogP contribution in [0, 0.1) is 0 Å². The first-order valence-electron chi connectivity index (χ1n) is 6.71. The summed E-state index contributed by atoms with van der Waals surface area (Å²) in [4.78, 5) is 4.96. The second-order valence-corrected chi connectivity index (χ2v) is 5.98. The Morgan fingerprint density at radius 3 is 2.56 bits per heavy atom. The lowest BCUT2D eigenvalue weighted by atomic mass is 10.2. The molecule has 1 fully saturated rings. The summed E-state index contributed by atoms with van der Waals surface area (Å²) in [7, 11) is 0. The van der Waals surface area contributed by atoms with Crippen LogP contribution in [0.3, 0.4) is 0 Å². The van der Waals surface area contributed by atoms with E-state index in [4.69, 9.17) is 5.73 Å². The minimum absolute atomic E-state index is 0.896. The predicted octanol–water partition coefficient (Wildman–Crippen LogP) is 2.14. The van der Waals surface area contributed by atoms with Crippen LogP contribution in [0.4, 0.5) is 11.4 Å². The van der Waals surface area contributed by atoms with Gasteiger partial charge in [-0.1, -0.05) is 19.1 Å². The average molecular weight is 265 g/mol. The topological polar surface area (TPSA) is 32.5 Å². The van der Waals surface area contributed by atoms with Crippen LogP contribution in [0.25, 0.3) is 0 Å². The first kappa shape index (κ1) is 13.6. The van der Waals surface area contributed by atoms with Crippen molar-refractivity contribution in [2.24, 2.45) is 0 Å². The van der Waals surface area contributed by atoms with Crippen molar-refractivity contribution in [2.45, 2.75) is 6.92 Å². The number of benzene rings is 1. The van der Waals surface area contributed by atoms with E-state index < -0.39 is 0 Å². The molecule has 0 aromatic heterocycles. The molecule has 0 amide bonds. The molecule has 1 aromatic carbocycles. The largest absolute Gasteiger partial charge is 0.397 e. The monoisotopic (exact) mass is 265 g/mol. The minimum atomic E-state index is 0.896. The summed E-state index contributed by atoms with van der Waals surface area (Å²) in [6, 6.07) is 8.17. The fourth-order valence-electron chi connectivity index (χ4n) is 2.33. The molecule has 2 rings (SSSR count). The Morgan fingerprint density at radius 1 is 1.17 bits per heavy atom. The molecular weight excluding hydrogens is 242 g/mol. The SMILES string of the molecule is CCSCCN1CCN(c2ccccc2N)CC1. The summed E-state index contributed by atoms with van der Waals surface area (Å²) < 4.78 is 0. The van der Waals surface area contributed by atoms with Crippen LogP contribution in [0.2, 0.25) is 0 Å². The summed E-state index contributed by atoms with van der Waals surface area (Å²) in [5, 5.41) is 0. The minimum Gasteiger partial charge on any atom is -0.397 e. The van der Waals surface area contributed by atoms with Gasteiger partial charge in [-0.2, -0.15) is 11.8 Å². The van der Waals surface area contributed by atoms with Gasteiger partial charge in [0.15, 0.2) is 0 Å². The molecule has 3 nitrogen and oxygen atoms in total. The normalized spacial score (nSPS) is 17.1. The molecule has 0 radical (unpaired) electrons. The van der Waals surface area contributed by atoms with Crippen LogP contribution in [-0.2, 0) is 0 Å². The van der Waals surface area contributed by atoms with Gasteiger partial charge in [0.05, 0.1) is 11.4 Å². The first-order valence-corrected chi connectivity index (χ1v) is 7.86. The van der Waals surface area contributed by atoms with Gasteiger partial charge in [0.1, 0.15) is 0 Å². The lowest BCUT2D eigenvalue weighted by Crippen LogP contribution is -2.47. The molecule has 4 heteroatoms. The van der Waals surface area contributed by atoms with Crippen molar-refractivity contribution in [3.05, 3.63) is 24.3 Å². The lowest BCUT2D eigenvalue weighted by molar-refractivity contribution is 0.273. The van der Waals surface area contributed by atoms with Crippen LogP contribution >= 0.6 is 11.8 Å². The quantitative estimate of drug-likeness (QED) is 0.653. The second kappa shape index (κ2) is 6.90. The Hall–Kier alpha value is -0.870. The van der Waals surface area contributed by atoms with Crippen LogP contribution < -0.4 is 10.6 Å². The molecular formula is C14H23N3S. The molecule has 1 aliphatic heterocycles. The molecule has 18 heavy (non-hydrogen) atoms. The maximum atomic E-state index is 6.03. The van der Waals surface area contributed by atoms with E-state index >= 15 is 0 Å². The Labute approximate surface area is 114 Å². The van der Waals surface area contributed by atoms with E-state index in [-0.39, 0.29) is 0 Å². The molecule has 0 spiro atoms. The lowest BCUT2D eigenvalue weighted by Gasteiger charge is -2.36. The number of hydrogen-bond donors (Lipinski definition) is 1. The number of nitrogens with two attached hydrogens (primary N) is 1. The van der Waals surface area contributed by atoms with Crippen molar-refractivity contribution in [1.29, 1.82) is 0 Å². The van der Waals surface area contributed by atoms with Crippen LogP contribution in [0.1, 0.15) is 6.92 Å². The van der Waals surface area contributed by atoms with Crippen molar-refractivity contribution in [1.82, 2.24) is 4.90 Å². The number of para-hydroxylation sites is 2. The van der Waals surface area contributed by atoms with E-state index in [9.17, 15) is 0 Å². The Bertz CT molecular complexity index is 362. The number of piperazine rings is 1. The van der Waals surface area contributed by atoms with Crippen LogP contribution in [0.5, 0.6) is 0 Å². The van der Waals surface area contributed by atoms with Crippen LogP contribution in [0.15, 0.2) is 24.3 Å². The van der Waals surface area contributed by atoms with Gasteiger partial charge in [-0.15, -0.1) is 0 Å². The van der Waals surface area contributed by atoms with Gasteiger partial charge < -0.3 is 10.6 Å². The Kier molecular flexibility index (Phi) is 5.20. The highest BCUT2D eigenvalue weighted by Gasteiger charge is 2.17. The maximum absolute atomic E-state index is 6.03. The van der Waals surface area contributed by atoms with Crippen LogP contribution in [-0.4, -0.2) is 49.1 Å². The van der Waals surface area contributed by atoms with E-state index in [1.807, 2.05) is 23.9 Å². The number of anilines is 2. The molecule has 0 saturated carbocycles. The molecule has 0 aliphatic carbocycles. The van der Waals surface area contributed by atoms with E-state index in [1.54, 1.807) is 0 Å². The van der Waals surface area contributed by atoms with Gasteiger partial charge in [-0.25, -0.2) is 0 Å². The van der Waals surface area contributed by atoms with Crippen molar-refractivity contribution in [3.63, 3.8) is 0 Å². The fourth-order valence-corrected chi connectivity index (χ4v) is 3.00. The van der Waals surface area contributed by atoms with E-state index in [0.717, 1.165) is 31.9 Å². The summed E-state index contributed by atoms with van der Waals surface area (Å²) in [5.74, 6) is 2.48. The smallest absolute Gasteiger partial charge is 0.0600 e. The Balaban J connectivity index is 1.81. The van der Waals surface area contributed by atoms with E-state index in [2.05, 4.69) is 28.9 Å². The molecule has 100 valence electrons. The molecule has 0 bridgehead atoms. The maximum Gasteiger partial charge on any atom is 0.0600 e. The summed E-state index contributed by atoms with van der Waals surface area (Å²) in [5.41, 5.74) is 8.12. The number of thioether (sulfide) groups is 1. The summed E-state index contributed by atoms with van der Waals surface area (Å²) in [6.07, 6.45) is 0. The third kappa shape index (κ3) is 3.56. The van der Waals surface area contributed by atoms with Crippen molar-refractivity contribution in [3.8, 4) is 0 Å². The fraction of sp³-hybridized carbons (Fsp3) is 0.571. The highest BCUT2D eigenvalue weighted by molar-refractivity contribution is 7.99. The molecule has 2 N–H and O–H groups in total. The van der Waals surface area contributed by atoms with E-state index in [1.165, 1.54) is 23.7 Å². The average Bonchev–Trinajstić information content (AvgIpc) is 2.41. The number of nitrogen functional groups attached to an aromatic ring is 1. The number of nitrogens with zero attached hydrogens (tertiary/aromatic N) is 2. The van der Waals surface area contributed by atoms with Crippen molar-refractivity contribution < 1.29 is 0 Å². The molecule has 1 aromatic rings. The highest BCUT2D eigenvalue weighted by atomic mass is 32.2.